The molecule has 0 amide bonds. The first-order chi connectivity index (χ1) is 14.4. The zero-order valence-corrected chi connectivity index (χ0v) is 18.2. The summed E-state index contributed by atoms with van der Waals surface area (Å²) >= 11 is 3.61. The van der Waals surface area contributed by atoms with E-state index in [4.69, 9.17) is 0 Å². The van der Waals surface area contributed by atoms with Crippen molar-refractivity contribution in [2.75, 3.05) is 0 Å². The van der Waals surface area contributed by atoms with Gasteiger partial charge >= 0.3 is 5.97 Å². The molecule has 0 radical (unpaired) electrons. The maximum absolute atomic E-state index is 12.0. The van der Waals surface area contributed by atoms with Gasteiger partial charge in [-0.1, -0.05) is 55.5 Å². The van der Waals surface area contributed by atoms with Gasteiger partial charge in [0.2, 0.25) is 0 Å². The number of nitrogens with zero attached hydrogens (tertiary/aromatic N) is 2. The number of imidazole rings is 1. The van der Waals surface area contributed by atoms with E-state index in [-0.39, 0.29) is 5.56 Å². The van der Waals surface area contributed by atoms with E-state index in [1.54, 1.807) is 18.2 Å². The zero-order chi connectivity index (χ0) is 21.4. The molecular weight excluding hydrogens is 444 g/mol. The molecular formula is C24H21BrN2O3. The summed E-state index contributed by atoms with van der Waals surface area (Å²) in [6.45, 7) is 4.00. The number of aromatic nitrogens is 2. The molecule has 2 aromatic heterocycles. The van der Waals surface area contributed by atoms with Crippen LogP contribution in [0.15, 0.2) is 65.3 Å². The summed E-state index contributed by atoms with van der Waals surface area (Å²) in [6, 6.07) is 18.2. The minimum Gasteiger partial charge on any atom is -0.478 e. The average Bonchev–Trinajstić information content (AvgIpc) is 3.11. The van der Waals surface area contributed by atoms with Crippen LogP contribution in [0.2, 0.25) is 0 Å². The predicted octanol–water partition coefficient (Wildman–Crippen LogP) is 5.41. The number of aliphatic hydroxyl groups excluding tert-OH is 1. The molecule has 0 spiro atoms. The topological polar surface area (TPSA) is 74.8 Å². The van der Waals surface area contributed by atoms with Crippen molar-refractivity contribution >= 4 is 27.5 Å². The molecule has 0 saturated carbocycles. The molecule has 0 aliphatic carbocycles. The third-order valence-electron chi connectivity index (χ3n) is 5.29. The molecule has 152 valence electrons. The number of aromatic carboxylic acids is 1. The summed E-state index contributed by atoms with van der Waals surface area (Å²) in [7, 11) is 0. The van der Waals surface area contributed by atoms with E-state index in [0.29, 0.717) is 16.8 Å². The molecule has 2 heterocycles. The average molecular weight is 465 g/mol. The maximum Gasteiger partial charge on any atom is 0.336 e. The van der Waals surface area contributed by atoms with Gasteiger partial charge in [0.1, 0.15) is 16.4 Å². The first-order valence-corrected chi connectivity index (χ1v) is 10.5. The standard InChI is InChI=1S/C24H21BrN2O3/c1-3-19-22(25)27-20(12-9-14(2)23(27)26-19)21(28)16-10-11-17(18(13-16)24(29)30)15-7-5-4-6-8-15/h4-13,21,28H,3H2,1-2H3,(H,29,30). The van der Waals surface area contributed by atoms with E-state index in [2.05, 4.69) is 20.9 Å². The highest BCUT2D eigenvalue weighted by Gasteiger charge is 2.21. The van der Waals surface area contributed by atoms with Crippen molar-refractivity contribution in [1.82, 2.24) is 9.38 Å². The predicted molar refractivity (Wildman–Crippen MR) is 120 cm³/mol. The van der Waals surface area contributed by atoms with Gasteiger partial charge in [0.15, 0.2) is 0 Å². The molecule has 2 N–H and O–H groups in total. The van der Waals surface area contributed by atoms with Crippen molar-refractivity contribution in [3.8, 4) is 11.1 Å². The number of benzene rings is 2. The Morgan fingerprint density at radius 2 is 1.87 bits per heavy atom. The zero-order valence-electron chi connectivity index (χ0n) is 16.6. The molecule has 0 fully saturated rings. The van der Waals surface area contributed by atoms with E-state index in [1.165, 1.54) is 0 Å². The molecule has 2 aromatic carbocycles. The number of pyridine rings is 1. The smallest absolute Gasteiger partial charge is 0.336 e. The largest absolute Gasteiger partial charge is 0.478 e. The fraction of sp³-hybridized carbons (Fsp3) is 0.167. The molecule has 30 heavy (non-hydrogen) atoms. The summed E-state index contributed by atoms with van der Waals surface area (Å²) in [4.78, 5) is 16.6. The van der Waals surface area contributed by atoms with Crippen LogP contribution < -0.4 is 0 Å². The van der Waals surface area contributed by atoms with E-state index in [9.17, 15) is 15.0 Å². The van der Waals surface area contributed by atoms with Crippen LogP contribution in [-0.4, -0.2) is 25.6 Å². The van der Waals surface area contributed by atoms with Crippen LogP contribution >= 0.6 is 15.9 Å². The molecule has 0 saturated heterocycles. The van der Waals surface area contributed by atoms with E-state index < -0.39 is 12.1 Å². The van der Waals surface area contributed by atoms with Crippen molar-refractivity contribution in [1.29, 1.82) is 0 Å². The highest BCUT2D eigenvalue weighted by molar-refractivity contribution is 9.10. The third kappa shape index (κ3) is 3.42. The number of carboxylic acid groups (broad SMARTS) is 1. The van der Waals surface area contributed by atoms with Crippen molar-refractivity contribution in [3.05, 3.63) is 93.3 Å². The Morgan fingerprint density at radius 1 is 1.13 bits per heavy atom. The van der Waals surface area contributed by atoms with Crippen LogP contribution in [0.3, 0.4) is 0 Å². The van der Waals surface area contributed by atoms with Gasteiger partial charge in [-0.15, -0.1) is 0 Å². The Morgan fingerprint density at radius 3 is 2.53 bits per heavy atom. The van der Waals surface area contributed by atoms with E-state index in [0.717, 1.165) is 33.5 Å². The Hall–Kier alpha value is -2.96. The molecule has 4 aromatic rings. The van der Waals surface area contributed by atoms with Crippen molar-refractivity contribution in [2.45, 2.75) is 26.4 Å². The number of aryl methyl sites for hydroxylation is 2. The molecule has 4 rings (SSSR count). The lowest BCUT2D eigenvalue weighted by Crippen LogP contribution is -2.09. The lowest BCUT2D eigenvalue weighted by atomic mass is 9.95. The number of hydrogen-bond donors (Lipinski definition) is 2. The second-order valence-electron chi connectivity index (χ2n) is 7.18. The molecule has 5 nitrogen and oxygen atoms in total. The van der Waals surface area contributed by atoms with Gasteiger partial charge in [-0.25, -0.2) is 9.78 Å². The highest BCUT2D eigenvalue weighted by atomic mass is 79.9. The van der Waals surface area contributed by atoms with Gasteiger partial charge in [-0.05, 0) is 63.7 Å². The molecule has 0 aliphatic rings. The molecule has 1 atom stereocenters. The highest BCUT2D eigenvalue weighted by Crippen LogP contribution is 2.32. The van der Waals surface area contributed by atoms with Crippen molar-refractivity contribution in [3.63, 3.8) is 0 Å². The van der Waals surface area contributed by atoms with Gasteiger partial charge < -0.3 is 10.2 Å². The molecule has 1 unspecified atom stereocenters. The van der Waals surface area contributed by atoms with Gasteiger partial charge in [0.25, 0.3) is 0 Å². The molecule has 0 bridgehead atoms. The minimum absolute atomic E-state index is 0.153. The summed E-state index contributed by atoms with van der Waals surface area (Å²) in [5, 5.41) is 21.0. The van der Waals surface area contributed by atoms with E-state index in [1.807, 2.05) is 60.7 Å². The quantitative estimate of drug-likeness (QED) is 0.413. The van der Waals surface area contributed by atoms with Crippen LogP contribution in [0.1, 0.15) is 45.9 Å². The number of hydrogen-bond acceptors (Lipinski definition) is 3. The van der Waals surface area contributed by atoms with Crippen molar-refractivity contribution in [2.24, 2.45) is 0 Å². The number of rotatable bonds is 5. The Balaban J connectivity index is 1.86. The van der Waals surface area contributed by atoms with E-state index >= 15 is 0 Å². The fourth-order valence-electron chi connectivity index (χ4n) is 3.69. The summed E-state index contributed by atoms with van der Waals surface area (Å²) in [5.74, 6) is -1.03. The Kier molecular flexibility index (Phi) is 5.45. The molecule has 6 heteroatoms. The second kappa shape index (κ2) is 8.05. The minimum atomic E-state index is -1.03. The number of halogens is 1. The fourth-order valence-corrected chi connectivity index (χ4v) is 4.43. The monoisotopic (exact) mass is 464 g/mol. The first-order valence-electron chi connectivity index (χ1n) is 9.69. The van der Waals surface area contributed by atoms with Crippen molar-refractivity contribution < 1.29 is 15.0 Å². The number of carboxylic acids is 1. The van der Waals surface area contributed by atoms with Gasteiger partial charge in [0.05, 0.1) is 17.0 Å². The van der Waals surface area contributed by atoms with Crippen LogP contribution in [-0.2, 0) is 6.42 Å². The number of aliphatic hydroxyl groups is 1. The Labute approximate surface area is 182 Å². The lowest BCUT2D eigenvalue weighted by molar-refractivity contribution is 0.0697. The molecule has 0 aliphatic heterocycles. The SMILES string of the molecule is CCc1nc2c(C)ccc(C(O)c3ccc(-c4ccccc4)c(C(=O)O)c3)n2c1Br. The lowest BCUT2D eigenvalue weighted by Gasteiger charge is -2.17. The normalized spacial score (nSPS) is 12.3. The van der Waals surface area contributed by atoms with Crippen LogP contribution in [0, 0.1) is 6.92 Å². The maximum atomic E-state index is 12.0. The summed E-state index contributed by atoms with van der Waals surface area (Å²) in [6.07, 6.45) is -0.252. The van der Waals surface area contributed by atoms with Crippen LogP contribution in [0.5, 0.6) is 0 Å². The number of fused-ring (bicyclic) bond motifs is 1. The second-order valence-corrected chi connectivity index (χ2v) is 7.93. The van der Waals surface area contributed by atoms with Crippen LogP contribution in [0.4, 0.5) is 0 Å². The first kappa shape index (κ1) is 20.3. The Bertz CT molecular complexity index is 1250. The summed E-state index contributed by atoms with van der Waals surface area (Å²) < 4.78 is 2.70. The van der Waals surface area contributed by atoms with Gasteiger partial charge in [-0.2, -0.15) is 0 Å². The van der Waals surface area contributed by atoms with Crippen LogP contribution in [0.25, 0.3) is 16.8 Å². The number of carbonyl (C=O) groups is 1. The third-order valence-corrected chi connectivity index (χ3v) is 6.10. The van der Waals surface area contributed by atoms with Gasteiger partial charge in [0, 0.05) is 0 Å². The summed E-state index contributed by atoms with van der Waals surface area (Å²) in [5.41, 5.74) is 5.40. The van der Waals surface area contributed by atoms with Gasteiger partial charge in [-0.3, -0.25) is 4.40 Å².